The van der Waals surface area contributed by atoms with Gasteiger partial charge in [-0.1, -0.05) is 250 Å². The van der Waals surface area contributed by atoms with Crippen LogP contribution in [0.1, 0.15) is 277 Å². The molecule has 0 aromatic carbocycles. The van der Waals surface area contributed by atoms with Crippen LogP contribution in [0, 0.1) is 0 Å². The summed E-state index contributed by atoms with van der Waals surface area (Å²) in [6, 6.07) is -0.885. The van der Waals surface area contributed by atoms with Crippen LogP contribution in [0.2, 0.25) is 0 Å². The second-order valence-corrected chi connectivity index (χ2v) is 25.7. The van der Waals surface area contributed by atoms with Crippen LogP contribution in [0.3, 0.4) is 0 Å². The van der Waals surface area contributed by atoms with E-state index in [2.05, 4.69) is 43.5 Å². The minimum Gasteiger partial charge on any atom is -0.394 e. The van der Waals surface area contributed by atoms with Crippen molar-refractivity contribution in [3.63, 3.8) is 0 Å². The molecule has 0 aromatic rings. The lowest BCUT2D eigenvalue weighted by Gasteiger charge is -2.48. The van der Waals surface area contributed by atoms with E-state index in [1.54, 1.807) is 0 Å². The van der Waals surface area contributed by atoms with Crippen molar-refractivity contribution < 1.29 is 89.4 Å². The molecule has 3 saturated heterocycles. The van der Waals surface area contributed by atoms with Gasteiger partial charge in [-0.25, -0.2) is 0 Å². The van der Waals surface area contributed by atoms with Crippen LogP contribution in [0.5, 0.6) is 0 Å². The fraction of sp³-hybridized carbons (Fsp3) is 0.928. The number of nitrogens with one attached hydrogen (secondary N) is 1. The van der Waals surface area contributed by atoms with Crippen LogP contribution < -0.4 is 5.32 Å². The van der Waals surface area contributed by atoms with Crippen molar-refractivity contribution in [3.8, 4) is 0 Å². The SMILES string of the molecule is CCCCCCC/C=C\C/C=C\CCCCCCCCCCCCCCCCCC(=O)NC(COC1OC(CO)C(OC2OC(CO)C(OC3OC(CO)C(O)C(O)C3O)C(O)C2O)C(O)C1O)C(O)CCCCCCCCCCCCCCCCCC. The number of hydrogen-bond acceptors (Lipinski definition) is 18. The van der Waals surface area contributed by atoms with Crippen molar-refractivity contribution >= 4 is 5.91 Å². The quantitative estimate of drug-likeness (QED) is 0.0199. The number of carbonyl (C=O) groups is 1. The normalized spacial score (nSPS) is 28.5. The van der Waals surface area contributed by atoms with E-state index in [1.165, 1.54) is 193 Å². The van der Waals surface area contributed by atoms with Crippen molar-refractivity contribution in [2.45, 2.75) is 381 Å². The second kappa shape index (κ2) is 51.7. The molecule has 0 spiro atoms. The fourth-order valence-electron chi connectivity index (χ4n) is 12.2. The van der Waals surface area contributed by atoms with Crippen molar-refractivity contribution in [3.05, 3.63) is 24.3 Å². The smallest absolute Gasteiger partial charge is 0.220 e. The van der Waals surface area contributed by atoms with Gasteiger partial charge in [0, 0.05) is 6.42 Å². The predicted molar refractivity (Wildman–Crippen MR) is 342 cm³/mol. The molecule has 3 heterocycles. The predicted octanol–water partition coefficient (Wildman–Crippen LogP) is 9.44. The lowest BCUT2D eigenvalue weighted by atomic mass is 9.96. The number of rotatable bonds is 55. The maximum Gasteiger partial charge on any atom is 0.220 e. The number of aliphatic hydroxyl groups excluding tert-OH is 11. The minimum absolute atomic E-state index is 0.240. The van der Waals surface area contributed by atoms with Crippen LogP contribution in [0.4, 0.5) is 0 Å². The molecule has 17 unspecified atom stereocenters. The van der Waals surface area contributed by atoms with E-state index in [0.717, 1.165) is 51.4 Å². The Labute approximate surface area is 530 Å². The molecular formula is C69H129NO18. The topological polar surface area (TPSA) is 307 Å². The molecule has 88 heavy (non-hydrogen) atoms. The molecule has 0 saturated carbocycles. The Kier molecular flexibility index (Phi) is 47.3. The van der Waals surface area contributed by atoms with E-state index >= 15 is 0 Å². The standard InChI is InChI=1S/C69H129NO18/c1-3-5-7-9-11-13-15-17-19-21-22-23-24-25-26-27-28-29-30-31-33-35-37-39-41-43-45-47-57(75)70-52(53(74)46-44-42-40-38-36-34-32-20-18-16-14-12-10-8-6-4-2)51-83-67-63(81)60(78)65(55(49-72)85-67)88-69-64(82)61(79)66(56(50-73)86-69)87-68-62(80)59(77)58(76)54(48-71)84-68/h15,17,21-22,52-56,58-69,71-74,76-82H,3-14,16,18-20,23-51H2,1-2H3,(H,70,75)/b17-15-,22-21-. The van der Waals surface area contributed by atoms with Crippen molar-refractivity contribution in [2.75, 3.05) is 26.4 Å². The Balaban J connectivity index is 1.40. The van der Waals surface area contributed by atoms with Crippen LogP contribution >= 0.6 is 0 Å². The van der Waals surface area contributed by atoms with Gasteiger partial charge in [-0.2, -0.15) is 0 Å². The third kappa shape index (κ3) is 33.4. The summed E-state index contributed by atoms with van der Waals surface area (Å²) in [5.41, 5.74) is 0. The van der Waals surface area contributed by atoms with E-state index in [-0.39, 0.29) is 18.9 Å². The summed E-state index contributed by atoms with van der Waals surface area (Å²) in [5.74, 6) is -0.240. The first kappa shape index (κ1) is 80.5. The Morgan fingerprint density at radius 3 is 1.16 bits per heavy atom. The lowest BCUT2D eigenvalue weighted by molar-refractivity contribution is -0.379. The summed E-state index contributed by atoms with van der Waals surface area (Å²) in [5, 5.41) is 121. The third-order valence-corrected chi connectivity index (χ3v) is 18.0. The monoisotopic (exact) mass is 1260 g/mol. The van der Waals surface area contributed by atoms with Gasteiger partial charge in [0.2, 0.25) is 5.91 Å². The lowest BCUT2D eigenvalue weighted by Crippen LogP contribution is -2.66. The Morgan fingerprint density at radius 2 is 0.750 bits per heavy atom. The molecule has 19 nitrogen and oxygen atoms in total. The Hall–Kier alpha value is -1.73. The summed E-state index contributed by atoms with van der Waals surface area (Å²) in [7, 11) is 0. The second-order valence-electron chi connectivity index (χ2n) is 25.7. The number of ether oxygens (including phenoxy) is 6. The number of hydrogen-bond donors (Lipinski definition) is 12. The Morgan fingerprint density at radius 1 is 0.409 bits per heavy atom. The van der Waals surface area contributed by atoms with Gasteiger partial charge in [0.1, 0.15) is 73.2 Å². The van der Waals surface area contributed by atoms with Gasteiger partial charge >= 0.3 is 0 Å². The molecular weight excluding hydrogens is 1130 g/mol. The average Bonchev–Trinajstić information content (AvgIpc) is 3.39. The van der Waals surface area contributed by atoms with Gasteiger partial charge in [0.15, 0.2) is 18.9 Å². The molecule has 0 radical (unpaired) electrons. The molecule has 518 valence electrons. The zero-order valence-corrected chi connectivity index (χ0v) is 54.7. The summed E-state index contributed by atoms with van der Waals surface area (Å²) >= 11 is 0. The van der Waals surface area contributed by atoms with Crippen LogP contribution in [0.25, 0.3) is 0 Å². The largest absolute Gasteiger partial charge is 0.394 e. The van der Waals surface area contributed by atoms with Gasteiger partial charge in [-0.05, 0) is 44.9 Å². The molecule has 3 fully saturated rings. The highest BCUT2D eigenvalue weighted by molar-refractivity contribution is 5.76. The van der Waals surface area contributed by atoms with E-state index < -0.39 is 124 Å². The number of carbonyl (C=O) groups excluding carboxylic acids is 1. The number of allylic oxidation sites excluding steroid dienone is 4. The summed E-state index contributed by atoms with van der Waals surface area (Å²) in [6.45, 7) is 1.81. The molecule has 3 aliphatic rings. The van der Waals surface area contributed by atoms with Crippen molar-refractivity contribution in [2.24, 2.45) is 0 Å². The van der Waals surface area contributed by atoms with Gasteiger partial charge in [0.05, 0.1) is 38.6 Å². The number of unbranched alkanes of at least 4 members (excludes halogenated alkanes) is 35. The number of amides is 1. The van der Waals surface area contributed by atoms with Crippen molar-refractivity contribution in [1.82, 2.24) is 5.32 Å². The highest BCUT2D eigenvalue weighted by Gasteiger charge is 2.53. The summed E-state index contributed by atoms with van der Waals surface area (Å²) in [6.07, 6.45) is 31.1. The molecule has 19 heteroatoms. The maximum absolute atomic E-state index is 13.4. The van der Waals surface area contributed by atoms with Crippen LogP contribution in [-0.4, -0.2) is 193 Å². The van der Waals surface area contributed by atoms with E-state index in [1.807, 2.05) is 0 Å². The molecule has 1 amide bonds. The molecule has 0 aromatic heterocycles. The van der Waals surface area contributed by atoms with Gasteiger partial charge in [0.25, 0.3) is 0 Å². The first-order valence-corrected chi connectivity index (χ1v) is 35.6. The first-order chi connectivity index (χ1) is 42.8. The first-order valence-electron chi connectivity index (χ1n) is 35.6. The molecule has 12 N–H and O–H groups in total. The molecule has 3 aliphatic heterocycles. The molecule has 0 aliphatic carbocycles. The third-order valence-electron chi connectivity index (χ3n) is 18.0. The average molecular weight is 1260 g/mol. The van der Waals surface area contributed by atoms with E-state index in [4.69, 9.17) is 28.4 Å². The summed E-state index contributed by atoms with van der Waals surface area (Å²) < 4.78 is 34.4. The van der Waals surface area contributed by atoms with Gasteiger partial charge < -0.3 is 89.9 Å². The van der Waals surface area contributed by atoms with Gasteiger partial charge in [-0.15, -0.1) is 0 Å². The summed E-state index contributed by atoms with van der Waals surface area (Å²) in [4.78, 5) is 13.4. The van der Waals surface area contributed by atoms with E-state index in [9.17, 15) is 61.0 Å². The maximum atomic E-state index is 13.4. The highest BCUT2D eigenvalue weighted by Crippen LogP contribution is 2.33. The van der Waals surface area contributed by atoms with Gasteiger partial charge in [-0.3, -0.25) is 4.79 Å². The van der Waals surface area contributed by atoms with Crippen LogP contribution in [-0.2, 0) is 33.2 Å². The van der Waals surface area contributed by atoms with E-state index in [0.29, 0.717) is 12.8 Å². The fourth-order valence-corrected chi connectivity index (χ4v) is 12.2. The zero-order valence-electron chi connectivity index (χ0n) is 54.7. The number of aliphatic hydroxyl groups is 11. The molecule has 0 bridgehead atoms. The van der Waals surface area contributed by atoms with Crippen molar-refractivity contribution in [1.29, 1.82) is 0 Å². The highest BCUT2D eigenvalue weighted by atomic mass is 16.8. The minimum atomic E-state index is -1.97. The molecule has 3 rings (SSSR count). The van der Waals surface area contributed by atoms with Crippen LogP contribution in [0.15, 0.2) is 24.3 Å². The molecule has 17 atom stereocenters. The zero-order chi connectivity index (χ0) is 64.0. The Bertz CT molecular complexity index is 1690.